The van der Waals surface area contributed by atoms with Gasteiger partial charge in [-0.15, -0.1) is 0 Å². The molecule has 8 nitrogen and oxygen atoms in total. The third-order valence-corrected chi connectivity index (χ3v) is 7.21. The molecule has 34 heavy (non-hydrogen) atoms. The number of aryl methyl sites for hydroxylation is 1. The van der Waals surface area contributed by atoms with Crippen LogP contribution in [-0.2, 0) is 20.7 Å². The van der Waals surface area contributed by atoms with Gasteiger partial charge in [0.1, 0.15) is 12.4 Å². The number of amidine groups is 1. The second-order valence-corrected chi connectivity index (χ2v) is 9.83. The van der Waals surface area contributed by atoms with Gasteiger partial charge in [-0.3, -0.25) is 19.9 Å². The standard InChI is InChI=1S/C25H29N3O5S/c1-13-19(24(33-15(3)30)28-22(13)21(14(2)29)23(28)31)12-32-20-9-5-7-17-16(6-4-8-18(17)20)10-11-34-25(26)27/h4-9,13-14,21-22,29H,10-12H2,1-3H3,(H3,26,27)/t13-,14+,21+,22?/m0/s1. The first-order valence-electron chi connectivity index (χ1n) is 11.2. The summed E-state index contributed by atoms with van der Waals surface area (Å²) in [6.45, 7) is 5.02. The van der Waals surface area contributed by atoms with Crippen LogP contribution in [0.1, 0.15) is 26.3 Å². The van der Waals surface area contributed by atoms with Gasteiger partial charge in [-0.1, -0.05) is 49.0 Å². The van der Waals surface area contributed by atoms with Gasteiger partial charge in [0.15, 0.2) is 5.17 Å². The first-order chi connectivity index (χ1) is 16.2. The molecule has 0 radical (unpaired) electrons. The molecule has 1 fully saturated rings. The lowest BCUT2D eigenvalue weighted by Gasteiger charge is -2.46. The number of nitrogens with one attached hydrogen (secondary N) is 1. The second kappa shape index (κ2) is 9.68. The Balaban J connectivity index is 1.59. The molecule has 1 saturated heterocycles. The number of ether oxygens (including phenoxy) is 2. The molecule has 2 aromatic rings. The van der Waals surface area contributed by atoms with E-state index in [9.17, 15) is 14.7 Å². The molecule has 2 heterocycles. The summed E-state index contributed by atoms with van der Waals surface area (Å²) in [6, 6.07) is 11.6. The molecule has 0 aromatic heterocycles. The van der Waals surface area contributed by atoms with Crippen molar-refractivity contribution < 1.29 is 24.2 Å². The van der Waals surface area contributed by atoms with Crippen molar-refractivity contribution in [2.24, 2.45) is 17.6 Å². The highest BCUT2D eigenvalue weighted by atomic mass is 32.2. The third kappa shape index (κ3) is 4.37. The predicted molar refractivity (Wildman–Crippen MR) is 131 cm³/mol. The zero-order valence-corrected chi connectivity index (χ0v) is 20.2. The lowest BCUT2D eigenvalue weighted by molar-refractivity contribution is -0.166. The van der Waals surface area contributed by atoms with Gasteiger partial charge in [-0.25, -0.2) is 0 Å². The van der Waals surface area contributed by atoms with E-state index in [2.05, 4.69) is 6.07 Å². The molecule has 2 aliphatic heterocycles. The number of benzene rings is 2. The van der Waals surface area contributed by atoms with E-state index >= 15 is 0 Å². The molecule has 0 spiro atoms. The Hall–Kier alpha value is -3.04. The summed E-state index contributed by atoms with van der Waals surface area (Å²) in [5, 5.41) is 19.6. The minimum absolute atomic E-state index is 0.104. The van der Waals surface area contributed by atoms with E-state index < -0.39 is 18.0 Å². The van der Waals surface area contributed by atoms with Gasteiger partial charge in [-0.2, -0.15) is 0 Å². The lowest BCUT2D eigenvalue weighted by Crippen LogP contribution is -2.63. The van der Waals surface area contributed by atoms with Crippen LogP contribution < -0.4 is 10.5 Å². The molecule has 4 N–H and O–H groups in total. The molecule has 0 saturated carbocycles. The number of esters is 1. The molecule has 0 aliphatic carbocycles. The van der Waals surface area contributed by atoms with Crippen molar-refractivity contribution in [3.8, 4) is 5.75 Å². The largest absolute Gasteiger partial charge is 0.488 e. The van der Waals surface area contributed by atoms with Crippen LogP contribution in [0.5, 0.6) is 5.75 Å². The Morgan fingerprint density at radius 1 is 1.26 bits per heavy atom. The number of carbonyl (C=O) groups is 2. The van der Waals surface area contributed by atoms with Crippen molar-refractivity contribution in [2.45, 2.75) is 39.3 Å². The van der Waals surface area contributed by atoms with Crippen LogP contribution in [0.4, 0.5) is 0 Å². The molecule has 9 heteroatoms. The highest BCUT2D eigenvalue weighted by molar-refractivity contribution is 8.13. The fraction of sp³-hybridized carbons (Fsp3) is 0.400. The zero-order valence-electron chi connectivity index (χ0n) is 19.4. The smallest absolute Gasteiger partial charge is 0.309 e. The fourth-order valence-electron chi connectivity index (χ4n) is 4.91. The van der Waals surface area contributed by atoms with Gasteiger partial charge in [0, 0.05) is 29.6 Å². The van der Waals surface area contributed by atoms with E-state index in [1.54, 1.807) is 6.92 Å². The number of β-lactam (4-membered cyclic amide) rings is 1. The van der Waals surface area contributed by atoms with Crippen LogP contribution in [0, 0.1) is 17.2 Å². The predicted octanol–water partition coefficient (Wildman–Crippen LogP) is 3.02. The van der Waals surface area contributed by atoms with E-state index in [0.717, 1.165) is 28.3 Å². The van der Waals surface area contributed by atoms with E-state index in [0.29, 0.717) is 11.5 Å². The number of hydrogen-bond donors (Lipinski definition) is 3. The van der Waals surface area contributed by atoms with Crippen LogP contribution in [0.25, 0.3) is 10.8 Å². The maximum Gasteiger partial charge on any atom is 0.309 e. The summed E-state index contributed by atoms with van der Waals surface area (Å²) in [5.41, 5.74) is 7.32. The monoisotopic (exact) mass is 483 g/mol. The molecule has 4 rings (SSSR count). The van der Waals surface area contributed by atoms with Crippen LogP contribution in [-0.4, -0.2) is 51.6 Å². The molecule has 1 amide bonds. The van der Waals surface area contributed by atoms with E-state index in [1.807, 2.05) is 37.3 Å². The number of nitrogens with zero attached hydrogens (tertiary/aromatic N) is 1. The maximum atomic E-state index is 12.7. The topological polar surface area (TPSA) is 126 Å². The molecule has 0 bridgehead atoms. The normalized spacial score (nSPS) is 22.4. The summed E-state index contributed by atoms with van der Waals surface area (Å²) < 4.78 is 11.7. The molecule has 2 aromatic carbocycles. The fourth-order valence-corrected chi connectivity index (χ4v) is 5.45. The van der Waals surface area contributed by atoms with Gasteiger partial charge < -0.3 is 20.3 Å². The molecular formula is C25H29N3O5S. The first kappa shape index (κ1) is 24.1. The van der Waals surface area contributed by atoms with Crippen molar-refractivity contribution in [3.05, 3.63) is 53.4 Å². The number of aliphatic hydroxyl groups excluding tert-OH is 1. The Labute approximate surface area is 202 Å². The van der Waals surface area contributed by atoms with E-state index in [1.165, 1.54) is 23.6 Å². The number of nitrogens with two attached hydrogens (primary N) is 1. The number of thioether (sulfide) groups is 1. The van der Waals surface area contributed by atoms with Crippen LogP contribution in [0.15, 0.2) is 47.9 Å². The Morgan fingerprint density at radius 2 is 1.97 bits per heavy atom. The van der Waals surface area contributed by atoms with Crippen LogP contribution >= 0.6 is 11.8 Å². The minimum atomic E-state index is -0.785. The number of carbonyl (C=O) groups excluding carboxylic acids is 2. The van der Waals surface area contributed by atoms with E-state index in [4.69, 9.17) is 20.6 Å². The van der Waals surface area contributed by atoms with Crippen LogP contribution in [0.2, 0.25) is 0 Å². The third-order valence-electron chi connectivity index (χ3n) is 6.49. The van der Waals surface area contributed by atoms with Gasteiger partial charge >= 0.3 is 5.97 Å². The van der Waals surface area contributed by atoms with Crippen LogP contribution in [0.3, 0.4) is 0 Å². The first-order valence-corrected chi connectivity index (χ1v) is 12.2. The minimum Gasteiger partial charge on any atom is -0.488 e. The number of fused-ring (bicyclic) bond motifs is 2. The molecular weight excluding hydrogens is 454 g/mol. The summed E-state index contributed by atoms with van der Waals surface area (Å²) in [7, 11) is 0. The van der Waals surface area contributed by atoms with Gasteiger partial charge in [-0.05, 0) is 30.4 Å². The second-order valence-electron chi connectivity index (χ2n) is 8.70. The Kier molecular flexibility index (Phi) is 6.86. The number of hydrogen-bond acceptors (Lipinski definition) is 7. The molecule has 180 valence electrons. The summed E-state index contributed by atoms with van der Waals surface area (Å²) >= 11 is 1.31. The number of rotatable bonds is 8. The van der Waals surface area contributed by atoms with Gasteiger partial charge in [0.05, 0.1) is 18.1 Å². The zero-order chi connectivity index (χ0) is 24.6. The lowest BCUT2D eigenvalue weighted by atomic mass is 9.78. The average molecular weight is 484 g/mol. The maximum absolute atomic E-state index is 12.7. The highest BCUT2D eigenvalue weighted by Crippen LogP contribution is 2.47. The highest BCUT2D eigenvalue weighted by Gasteiger charge is 2.59. The Bertz CT molecular complexity index is 1180. The van der Waals surface area contributed by atoms with Gasteiger partial charge in [0.25, 0.3) is 0 Å². The van der Waals surface area contributed by atoms with Crippen molar-refractivity contribution in [2.75, 3.05) is 12.4 Å². The Morgan fingerprint density at radius 3 is 2.65 bits per heavy atom. The van der Waals surface area contributed by atoms with E-state index in [-0.39, 0.29) is 35.5 Å². The quantitative estimate of drug-likeness (QED) is 0.228. The summed E-state index contributed by atoms with van der Waals surface area (Å²) in [5.74, 6) is 0.239. The van der Waals surface area contributed by atoms with Crippen molar-refractivity contribution >= 4 is 39.6 Å². The summed E-state index contributed by atoms with van der Waals surface area (Å²) in [6.07, 6.45) is -0.0174. The average Bonchev–Trinajstić information content (AvgIpc) is 2.98. The molecule has 4 atom stereocenters. The van der Waals surface area contributed by atoms with Crippen molar-refractivity contribution in [1.29, 1.82) is 5.41 Å². The number of aliphatic hydroxyl groups is 1. The van der Waals surface area contributed by atoms with Crippen molar-refractivity contribution in [3.63, 3.8) is 0 Å². The molecule has 2 aliphatic rings. The summed E-state index contributed by atoms with van der Waals surface area (Å²) in [4.78, 5) is 25.9. The molecule has 1 unspecified atom stereocenters. The van der Waals surface area contributed by atoms with Gasteiger partial charge in [0.2, 0.25) is 11.8 Å². The number of amides is 1. The van der Waals surface area contributed by atoms with Crippen molar-refractivity contribution in [1.82, 2.24) is 4.90 Å². The SMILES string of the molecule is CC(=O)OC1=C(COc2cccc3c(CCSC(=N)N)cccc23)[C@H](C)C2[C@@H]([C@@H](C)O)C(=O)N12.